The summed E-state index contributed by atoms with van der Waals surface area (Å²) in [6.45, 7) is 1.57. The van der Waals surface area contributed by atoms with Gasteiger partial charge < -0.3 is 14.2 Å². The molecule has 0 heterocycles. The van der Waals surface area contributed by atoms with E-state index in [2.05, 4.69) is 4.74 Å². The molecule has 0 aromatic heterocycles. The first-order chi connectivity index (χ1) is 13.7. The van der Waals surface area contributed by atoms with E-state index >= 15 is 0 Å². The van der Waals surface area contributed by atoms with Gasteiger partial charge in [-0.05, 0) is 37.6 Å². The first-order valence-corrected chi connectivity index (χ1v) is 9.16. The highest BCUT2D eigenvalue weighted by molar-refractivity contribution is 6.35. The maximum atomic E-state index is 12.5. The lowest BCUT2D eigenvalue weighted by Crippen LogP contribution is -2.17. The van der Waals surface area contributed by atoms with Crippen molar-refractivity contribution in [1.29, 1.82) is 0 Å². The second-order valence-corrected chi connectivity index (χ2v) is 6.79. The Kier molecular flexibility index (Phi) is 7.81. The summed E-state index contributed by atoms with van der Waals surface area (Å²) in [5.41, 5.74) is -0.729. The van der Waals surface area contributed by atoms with Gasteiger partial charge in [-0.15, -0.1) is 0 Å². The van der Waals surface area contributed by atoms with E-state index in [4.69, 9.17) is 32.7 Å². The van der Waals surface area contributed by atoms with Crippen molar-refractivity contribution >= 4 is 40.8 Å². The molecule has 154 valence electrons. The van der Waals surface area contributed by atoms with Crippen LogP contribution in [-0.2, 0) is 14.3 Å². The molecular weight excluding hydrogens is 425 g/mol. The van der Waals surface area contributed by atoms with Crippen molar-refractivity contribution < 1.29 is 28.7 Å². The first kappa shape index (κ1) is 22.4. The molecule has 29 heavy (non-hydrogen) atoms. The fraction of sp³-hybridized carbons (Fsp3) is 0.263. The number of esters is 2. The highest BCUT2D eigenvalue weighted by Crippen LogP contribution is 2.33. The number of methoxy groups -OCH3 is 1. The molecular formula is C19H17Cl2NO7. The molecule has 0 N–H and O–H groups in total. The summed E-state index contributed by atoms with van der Waals surface area (Å²) in [5, 5.41) is 11.9. The Hall–Kier alpha value is -2.84. The number of nitrogens with zero attached hydrogens (tertiary/aromatic N) is 1. The maximum Gasteiger partial charge on any atom is 0.345 e. The van der Waals surface area contributed by atoms with Crippen molar-refractivity contribution in [3.8, 4) is 11.5 Å². The van der Waals surface area contributed by atoms with Crippen LogP contribution in [0.2, 0.25) is 10.0 Å². The van der Waals surface area contributed by atoms with Crippen LogP contribution < -0.4 is 4.74 Å². The second kappa shape index (κ2) is 10.1. The number of carbonyl (C=O) groups is 2. The minimum atomic E-state index is -0.915. The van der Waals surface area contributed by atoms with E-state index in [1.165, 1.54) is 31.4 Å². The molecule has 2 rings (SSSR count). The quantitative estimate of drug-likeness (QED) is 0.315. The summed E-state index contributed by atoms with van der Waals surface area (Å²) in [5.74, 6) is -0.958. The molecule has 0 bridgehead atoms. The molecule has 10 heteroatoms. The standard InChI is InChI=1S/C19H17Cl2NO7/c1-11(3-8-18(23)27-2)28-19(24)14-10-13(5-6-16(14)22(25)26)29-17-7-4-12(20)9-15(17)21/h4-7,9-11H,3,8H2,1-2H3. The lowest BCUT2D eigenvalue weighted by atomic mass is 10.1. The first-order valence-electron chi connectivity index (χ1n) is 8.40. The molecule has 2 aromatic rings. The topological polar surface area (TPSA) is 105 Å². The van der Waals surface area contributed by atoms with E-state index in [1.54, 1.807) is 13.0 Å². The number of ether oxygens (including phenoxy) is 3. The molecule has 0 saturated carbocycles. The van der Waals surface area contributed by atoms with Gasteiger partial charge >= 0.3 is 11.9 Å². The van der Waals surface area contributed by atoms with Crippen LogP contribution in [0.4, 0.5) is 5.69 Å². The third kappa shape index (κ3) is 6.33. The van der Waals surface area contributed by atoms with Crippen LogP contribution in [0.5, 0.6) is 11.5 Å². The number of hydrogen-bond acceptors (Lipinski definition) is 7. The summed E-state index contributed by atoms with van der Waals surface area (Å²) in [6.07, 6.45) is -0.398. The predicted molar refractivity (Wildman–Crippen MR) is 106 cm³/mol. The Balaban J connectivity index is 2.22. The number of nitro groups is 1. The molecule has 0 amide bonds. The zero-order chi connectivity index (χ0) is 21.6. The van der Waals surface area contributed by atoms with Gasteiger partial charge in [0.1, 0.15) is 17.1 Å². The number of hydrogen-bond donors (Lipinski definition) is 0. The molecule has 0 fully saturated rings. The lowest BCUT2D eigenvalue weighted by molar-refractivity contribution is -0.385. The Morgan fingerprint density at radius 2 is 1.90 bits per heavy atom. The summed E-state index contributed by atoms with van der Waals surface area (Å²) < 4.78 is 15.3. The van der Waals surface area contributed by atoms with E-state index in [-0.39, 0.29) is 34.9 Å². The maximum absolute atomic E-state index is 12.5. The van der Waals surface area contributed by atoms with Gasteiger partial charge in [0.15, 0.2) is 0 Å². The number of carbonyl (C=O) groups excluding carboxylic acids is 2. The molecule has 0 aliphatic rings. The molecule has 1 unspecified atom stereocenters. The van der Waals surface area contributed by atoms with Crippen LogP contribution in [0.1, 0.15) is 30.1 Å². The Bertz CT molecular complexity index is 933. The molecule has 2 aromatic carbocycles. The fourth-order valence-electron chi connectivity index (χ4n) is 2.31. The van der Waals surface area contributed by atoms with Crippen molar-refractivity contribution in [3.63, 3.8) is 0 Å². The van der Waals surface area contributed by atoms with Crippen LogP contribution in [0.15, 0.2) is 36.4 Å². The Labute approximate surface area is 176 Å². The van der Waals surface area contributed by atoms with E-state index < -0.39 is 28.7 Å². The third-order valence-corrected chi connectivity index (χ3v) is 4.33. The monoisotopic (exact) mass is 441 g/mol. The zero-order valence-electron chi connectivity index (χ0n) is 15.5. The minimum absolute atomic E-state index is 0.0469. The molecule has 1 atom stereocenters. The third-order valence-electron chi connectivity index (χ3n) is 3.80. The fourth-order valence-corrected chi connectivity index (χ4v) is 2.76. The molecule has 0 aliphatic carbocycles. The molecule has 0 saturated heterocycles. The van der Waals surface area contributed by atoms with Crippen LogP contribution in [0, 0.1) is 10.1 Å². The molecule has 0 aliphatic heterocycles. The van der Waals surface area contributed by atoms with Crippen molar-refractivity contribution in [2.75, 3.05) is 7.11 Å². The van der Waals surface area contributed by atoms with Gasteiger partial charge in [0.05, 0.1) is 23.2 Å². The van der Waals surface area contributed by atoms with E-state index in [0.29, 0.717) is 5.02 Å². The average molecular weight is 442 g/mol. The summed E-state index contributed by atoms with van der Waals surface area (Å²) in [4.78, 5) is 34.3. The van der Waals surface area contributed by atoms with E-state index in [0.717, 1.165) is 6.07 Å². The lowest BCUT2D eigenvalue weighted by Gasteiger charge is -2.14. The van der Waals surface area contributed by atoms with Crippen molar-refractivity contribution in [2.24, 2.45) is 0 Å². The van der Waals surface area contributed by atoms with E-state index in [1.807, 2.05) is 0 Å². The Morgan fingerprint density at radius 1 is 1.17 bits per heavy atom. The highest BCUT2D eigenvalue weighted by atomic mass is 35.5. The zero-order valence-corrected chi connectivity index (χ0v) is 17.0. The molecule has 0 spiro atoms. The number of benzene rings is 2. The van der Waals surface area contributed by atoms with Gasteiger partial charge in [-0.1, -0.05) is 23.2 Å². The van der Waals surface area contributed by atoms with Gasteiger partial charge in [0, 0.05) is 23.6 Å². The van der Waals surface area contributed by atoms with Crippen molar-refractivity contribution in [3.05, 3.63) is 62.1 Å². The van der Waals surface area contributed by atoms with E-state index in [9.17, 15) is 19.7 Å². The normalized spacial score (nSPS) is 11.4. The number of halogens is 2. The van der Waals surface area contributed by atoms with Crippen LogP contribution in [0.3, 0.4) is 0 Å². The van der Waals surface area contributed by atoms with Crippen LogP contribution in [0.25, 0.3) is 0 Å². The van der Waals surface area contributed by atoms with Gasteiger partial charge in [-0.25, -0.2) is 4.79 Å². The van der Waals surface area contributed by atoms with Crippen molar-refractivity contribution in [2.45, 2.75) is 25.9 Å². The summed E-state index contributed by atoms with van der Waals surface area (Å²) in [7, 11) is 1.25. The smallest absolute Gasteiger partial charge is 0.345 e. The summed E-state index contributed by atoms with van der Waals surface area (Å²) in [6, 6.07) is 8.22. The number of rotatable bonds is 8. The highest BCUT2D eigenvalue weighted by Gasteiger charge is 2.24. The number of nitro benzene ring substituents is 1. The van der Waals surface area contributed by atoms with Crippen molar-refractivity contribution in [1.82, 2.24) is 0 Å². The largest absolute Gasteiger partial charge is 0.469 e. The minimum Gasteiger partial charge on any atom is -0.469 e. The van der Waals surface area contributed by atoms with Crippen LogP contribution in [-0.4, -0.2) is 30.1 Å². The second-order valence-electron chi connectivity index (χ2n) is 5.94. The van der Waals surface area contributed by atoms with Gasteiger partial charge in [0.2, 0.25) is 0 Å². The molecule has 8 nitrogen and oxygen atoms in total. The SMILES string of the molecule is COC(=O)CCC(C)OC(=O)c1cc(Oc2ccc(Cl)cc2Cl)ccc1[N+](=O)[O-]. The van der Waals surface area contributed by atoms with Gasteiger partial charge in [-0.3, -0.25) is 14.9 Å². The average Bonchev–Trinajstić information content (AvgIpc) is 2.67. The molecule has 0 radical (unpaired) electrons. The van der Waals surface area contributed by atoms with Crippen LogP contribution >= 0.6 is 23.2 Å². The predicted octanol–water partition coefficient (Wildman–Crippen LogP) is 5.19. The Morgan fingerprint density at radius 3 is 2.52 bits per heavy atom. The summed E-state index contributed by atoms with van der Waals surface area (Å²) >= 11 is 11.9. The van der Waals surface area contributed by atoms with Gasteiger partial charge in [0.25, 0.3) is 5.69 Å². The van der Waals surface area contributed by atoms with Gasteiger partial charge in [-0.2, -0.15) is 0 Å².